The Labute approximate surface area is 103 Å². The van der Waals surface area contributed by atoms with Gasteiger partial charge in [-0.05, 0) is 6.07 Å². The van der Waals surface area contributed by atoms with Crippen LogP contribution in [-0.4, -0.2) is 27.8 Å². The molecule has 0 fully saturated rings. The highest BCUT2D eigenvalue weighted by atomic mass is 16.5. The molecule has 2 N–H and O–H groups in total. The number of hydrogen-bond donors (Lipinski definition) is 2. The summed E-state index contributed by atoms with van der Waals surface area (Å²) in [7, 11) is 0. The molecule has 0 unspecified atom stereocenters. The highest BCUT2D eigenvalue weighted by Crippen LogP contribution is 2.31. The lowest BCUT2D eigenvalue weighted by Crippen LogP contribution is -2.17. The van der Waals surface area contributed by atoms with E-state index in [1.807, 2.05) is 0 Å². The minimum absolute atomic E-state index is 0.00397. The van der Waals surface area contributed by atoms with Crippen molar-refractivity contribution in [3.63, 3.8) is 0 Å². The zero-order valence-electron chi connectivity index (χ0n) is 9.51. The van der Waals surface area contributed by atoms with Crippen LogP contribution in [-0.2, 0) is 17.8 Å². The lowest BCUT2D eigenvalue weighted by Gasteiger charge is -2.19. The Morgan fingerprint density at radius 1 is 1.39 bits per heavy atom. The van der Waals surface area contributed by atoms with Crippen LogP contribution in [0.1, 0.15) is 21.6 Å². The minimum Gasteiger partial charge on any atom is -0.506 e. The number of carboxylic acid groups (broad SMARTS) is 1. The topological polar surface area (TPSA) is 79.7 Å². The number of aromatic nitrogens is 1. The van der Waals surface area contributed by atoms with Crippen LogP contribution in [0.5, 0.6) is 5.75 Å². The molecule has 0 aliphatic carbocycles. The zero-order valence-corrected chi connectivity index (χ0v) is 9.51. The summed E-state index contributed by atoms with van der Waals surface area (Å²) in [5, 5.41) is 19.6. The Hall–Kier alpha value is -2.14. The summed E-state index contributed by atoms with van der Waals surface area (Å²) in [6.07, 6.45) is 0.569. The monoisotopic (exact) mass is 245 g/mol. The van der Waals surface area contributed by atoms with Gasteiger partial charge in [0.25, 0.3) is 0 Å². The van der Waals surface area contributed by atoms with E-state index in [0.29, 0.717) is 35.2 Å². The second kappa shape index (κ2) is 3.96. The quantitative estimate of drug-likeness (QED) is 0.799. The van der Waals surface area contributed by atoms with E-state index in [9.17, 15) is 15.0 Å². The smallest absolute Gasteiger partial charge is 0.336 e. The molecule has 0 saturated carbocycles. The van der Waals surface area contributed by atoms with Gasteiger partial charge in [-0.3, -0.25) is 0 Å². The number of phenols is 1. The number of aromatic carboxylic acids is 1. The number of nitrogens with zero attached hydrogens (tertiary/aromatic N) is 1. The van der Waals surface area contributed by atoms with Crippen molar-refractivity contribution in [2.75, 3.05) is 6.61 Å². The van der Waals surface area contributed by atoms with E-state index in [0.717, 1.165) is 0 Å². The first-order valence-corrected chi connectivity index (χ1v) is 5.63. The number of aromatic hydroxyl groups is 1. The molecule has 0 saturated heterocycles. The van der Waals surface area contributed by atoms with Gasteiger partial charge in [-0.25, -0.2) is 9.78 Å². The summed E-state index contributed by atoms with van der Waals surface area (Å²) in [4.78, 5) is 15.8. The van der Waals surface area contributed by atoms with Gasteiger partial charge in [-0.15, -0.1) is 0 Å². The van der Waals surface area contributed by atoms with Gasteiger partial charge in [-0.2, -0.15) is 0 Å². The van der Waals surface area contributed by atoms with Gasteiger partial charge in [0.05, 0.1) is 18.8 Å². The molecule has 0 amide bonds. The number of para-hydroxylation sites is 1. The zero-order chi connectivity index (χ0) is 12.7. The molecule has 0 spiro atoms. The number of hydrogen-bond acceptors (Lipinski definition) is 4. The van der Waals surface area contributed by atoms with Crippen molar-refractivity contribution in [2.24, 2.45) is 0 Å². The van der Waals surface area contributed by atoms with E-state index < -0.39 is 5.97 Å². The lowest BCUT2D eigenvalue weighted by atomic mass is 9.98. The van der Waals surface area contributed by atoms with Gasteiger partial charge >= 0.3 is 5.97 Å². The summed E-state index contributed by atoms with van der Waals surface area (Å²) in [6.45, 7) is 0.785. The molecule has 2 heterocycles. The first-order valence-electron chi connectivity index (χ1n) is 5.63. The Balaban J connectivity index is 2.44. The maximum absolute atomic E-state index is 11.4. The minimum atomic E-state index is -1.02. The first kappa shape index (κ1) is 11.0. The molecule has 18 heavy (non-hydrogen) atoms. The van der Waals surface area contributed by atoms with Crippen LogP contribution in [0, 0.1) is 0 Å². The fourth-order valence-corrected chi connectivity index (χ4v) is 2.31. The number of carbonyl (C=O) groups is 1. The molecular weight excluding hydrogens is 234 g/mol. The molecule has 5 nitrogen and oxygen atoms in total. The highest BCUT2D eigenvalue weighted by molar-refractivity contribution is 6.05. The molecule has 1 aliphatic rings. The van der Waals surface area contributed by atoms with E-state index in [4.69, 9.17) is 4.74 Å². The summed E-state index contributed by atoms with van der Waals surface area (Å²) in [6, 6.07) is 4.77. The normalized spacial score (nSPS) is 14.4. The van der Waals surface area contributed by atoms with Crippen LogP contribution in [0.4, 0.5) is 0 Å². The van der Waals surface area contributed by atoms with Gasteiger partial charge in [0.2, 0.25) is 0 Å². The predicted molar refractivity (Wildman–Crippen MR) is 63.7 cm³/mol. The molecule has 3 rings (SSSR count). The maximum atomic E-state index is 11.4. The molecule has 5 heteroatoms. The number of phenolic OH excluding ortho intramolecular Hbond substituents is 1. The first-order chi connectivity index (χ1) is 8.68. The van der Waals surface area contributed by atoms with Gasteiger partial charge in [0, 0.05) is 23.1 Å². The third kappa shape index (κ3) is 1.52. The van der Waals surface area contributed by atoms with E-state index in [2.05, 4.69) is 4.98 Å². The summed E-state index contributed by atoms with van der Waals surface area (Å²) in [5.74, 6) is -1.01. The van der Waals surface area contributed by atoms with Gasteiger partial charge in [0.15, 0.2) is 0 Å². The van der Waals surface area contributed by atoms with Crippen molar-refractivity contribution >= 4 is 16.9 Å². The third-order valence-corrected chi connectivity index (χ3v) is 3.12. The number of rotatable bonds is 1. The highest BCUT2D eigenvalue weighted by Gasteiger charge is 2.23. The molecule has 92 valence electrons. The van der Waals surface area contributed by atoms with Crippen molar-refractivity contribution in [1.29, 1.82) is 0 Å². The summed E-state index contributed by atoms with van der Waals surface area (Å²) >= 11 is 0. The van der Waals surface area contributed by atoms with E-state index in [-0.39, 0.29) is 17.9 Å². The number of ether oxygens (including phenoxy) is 1. The standard InChI is InChI=1S/C13H11NO4/c15-10-3-1-2-7-11(13(16)17)8-6-18-5-4-9(8)14-12(7)10/h1-3,15H,4-6H2,(H,16,17). The van der Waals surface area contributed by atoms with Gasteiger partial charge in [-0.1, -0.05) is 12.1 Å². The number of pyridine rings is 1. The second-order valence-corrected chi connectivity index (χ2v) is 4.19. The van der Waals surface area contributed by atoms with Crippen molar-refractivity contribution in [3.8, 4) is 5.75 Å². The average molecular weight is 245 g/mol. The predicted octanol–water partition coefficient (Wildman–Crippen LogP) is 1.71. The number of benzene rings is 1. The fourth-order valence-electron chi connectivity index (χ4n) is 2.31. The summed E-state index contributed by atoms with van der Waals surface area (Å²) in [5.41, 5.74) is 1.85. The maximum Gasteiger partial charge on any atom is 0.336 e. The van der Waals surface area contributed by atoms with Crippen LogP contribution in [0.3, 0.4) is 0 Å². The number of carboxylic acids is 1. The third-order valence-electron chi connectivity index (χ3n) is 3.12. The van der Waals surface area contributed by atoms with Crippen LogP contribution in [0.2, 0.25) is 0 Å². The van der Waals surface area contributed by atoms with Gasteiger partial charge < -0.3 is 14.9 Å². The SMILES string of the molecule is O=C(O)c1c2c(nc3c(O)cccc13)CCOC2. The van der Waals surface area contributed by atoms with Crippen molar-refractivity contribution < 1.29 is 19.7 Å². The fraction of sp³-hybridized carbons (Fsp3) is 0.231. The van der Waals surface area contributed by atoms with Crippen molar-refractivity contribution in [3.05, 3.63) is 35.0 Å². The average Bonchev–Trinajstić information content (AvgIpc) is 2.36. The van der Waals surface area contributed by atoms with Crippen LogP contribution in [0.15, 0.2) is 18.2 Å². The van der Waals surface area contributed by atoms with Crippen LogP contribution < -0.4 is 0 Å². The molecule has 2 aromatic rings. The number of fused-ring (bicyclic) bond motifs is 2. The molecule has 1 aromatic carbocycles. The van der Waals surface area contributed by atoms with Crippen molar-refractivity contribution in [1.82, 2.24) is 4.98 Å². The van der Waals surface area contributed by atoms with Gasteiger partial charge in [0.1, 0.15) is 11.3 Å². The molecule has 0 atom stereocenters. The summed E-state index contributed by atoms with van der Waals surface area (Å²) < 4.78 is 5.30. The van der Waals surface area contributed by atoms with Crippen LogP contribution >= 0.6 is 0 Å². The van der Waals surface area contributed by atoms with Crippen molar-refractivity contribution in [2.45, 2.75) is 13.0 Å². The Morgan fingerprint density at radius 2 is 2.22 bits per heavy atom. The molecule has 0 bridgehead atoms. The molecular formula is C13H11NO4. The Bertz CT molecular complexity index is 651. The largest absolute Gasteiger partial charge is 0.506 e. The lowest BCUT2D eigenvalue weighted by molar-refractivity contribution is 0.0683. The second-order valence-electron chi connectivity index (χ2n) is 4.19. The molecule has 0 radical (unpaired) electrons. The van der Waals surface area contributed by atoms with E-state index >= 15 is 0 Å². The van der Waals surface area contributed by atoms with Crippen LogP contribution in [0.25, 0.3) is 10.9 Å². The molecule has 1 aromatic heterocycles. The van der Waals surface area contributed by atoms with E-state index in [1.54, 1.807) is 12.1 Å². The Morgan fingerprint density at radius 3 is 3.00 bits per heavy atom. The Kier molecular flexibility index (Phi) is 2.41. The molecule has 1 aliphatic heterocycles. The van der Waals surface area contributed by atoms with E-state index in [1.165, 1.54) is 6.07 Å².